The number of benzene rings is 1. The Morgan fingerprint density at radius 3 is 2.55 bits per heavy atom. The first-order valence-electron chi connectivity index (χ1n) is 9.98. The van der Waals surface area contributed by atoms with Crippen LogP contribution in [0.15, 0.2) is 49.1 Å². The lowest BCUT2D eigenvalue weighted by Crippen LogP contribution is -2.21. The van der Waals surface area contributed by atoms with Crippen LogP contribution >= 0.6 is 11.6 Å². The number of rotatable bonds is 6. The topological polar surface area (TPSA) is 99.9 Å². The molecule has 3 aromatic heterocycles. The predicted molar refractivity (Wildman–Crippen MR) is 121 cm³/mol. The molecular formula is C23H24ClN5O2. The van der Waals surface area contributed by atoms with E-state index in [9.17, 15) is 10.2 Å². The summed E-state index contributed by atoms with van der Waals surface area (Å²) in [5.41, 5.74) is 4.14. The third-order valence-electron chi connectivity index (χ3n) is 5.25. The van der Waals surface area contributed by atoms with Gasteiger partial charge in [0, 0.05) is 47.5 Å². The van der Waals surface area contributed by atoms with Crippen LogP contribution in [-0.2, 0) is 6.54 Å². The van der Waals surface area contributed by atoms with E-state index in [1.54, 1.807) is 50.6 Å². The van der Waals surface area contributed by atoms with Gasteiger partial charge in [-0.15, -0.1) is 0 Å². The number of aromatic hydroxyl groups is 1. The average molecular weight is 438 g/mol. The van der Waals surface area contributed by atoms with E-state index in [-0.39, 0.29) is 10.8 Å². The monoisotopic (exact) mass is 437 g/mol. The Labute approximate surface area is 185 Å². The summed E-state index contributed by atoms with van der Waals surface area (Å²) in [5, 5.41) is 25.0. The van der Waals surface area contributed by atoms with E-state index >= 15 is 0 Å². The van der Waals surface area contributed by atoms with Gasteiger partial charge in [-0.3, -0.25) is 4.68 Å². The van der Waals surface area contributed by atoms with Crippen LogP contribution in [0.25, 0.3) is 33.8 Å². The maximum atomic E-state index is 10.1. The highest BCUT2D eigenvalue weighted by Gasteiger charge is 2.23. The van der Waals surface area contributed by atoms with Crippen LogP contribution in [0.3, 0.4) is 0 Å². The summed E-state index contributed by atoms with van der Waals surface area (Å²) < 4.78 is 1.88. The van der Waals surface area contributed by atoms with Crippen LogP contribution in [0.1, 0.15) is 26.0 Å². The number of phenolic OH excluding ortho intramolecular Hbond substituents is 1. The number of hydrogen-bond donors (Lipinski definition) is 3. The van der Waals surface area contributed by atoms with Crippen molar-refractivity contribution < 1.29 is 10.2 Å². The van der Waals surface area contributed by atoms with E-state index in [1.807, 2.05) is 23.9 Å². The van der Waals surface area contributed by atoms with Crippen LogP contribution < -0.4 is 0 Å². The Morgan fingerprint density at radius 1 is 1.10 bits per heavy atom. The Balaban J connectivity index is 1.86. The molecule has 0 unspecified atom stereocenters. The molecule has 7 nitrogen and oxygen atoms in total. The van der Waals surface area contributed by atoms with E-state index < -0.39 is 5.60 Å². The Kier molecular flexibility index (Phi) is 5.56. The summed E-state index contributed by atoms with van der Waals surface area (Å²) in [6.07, 6.45) is 7.60. The first-order valence-corrected chi connectivity index (χ1v) is 10.4. The number of nitrogens with one attached hydrogen (secondary N) is 1. The molecule has 0 saturated heterocycles. The Morgan fingerprint density at radius 2 is 1.84 bits per heavy atom. The highest BCUT2D eigenvalue weighted by Crippen LogP contribution is 2.43. The van der Waals surface area contributed by atoms with E-state index in [0.29, 0.717) is 24.4 Å². The summed E-state index contributed by atoms with van der Waals surface area (Å²) in [4.78, 5) is 12.2. The van der Waals surface area contributed by atoms with Crippen LogP contribution in [0.2, 0.25) is 5.02 Å². The minimum Gasteiger partial charge on any atom is -0.506 e. The number of nitrogens with zero attached hydrogens (tertiary/aromatic N) is 4. The van der Waals surface area contributed by atoms with Crippen LogP contribution in [0.4, 0.5) is 0 Å². The van der Waals surface area contributed by atoms with Crippen LogP contribution in [0, 0.1) is 6.92 Å². The number of aliphatic hydroxyl groups is 1. The molecule has 8 heteroatoms. The van der Waals surface area contributed by atoms with Gasteiger partial charge in [0.05, 0.1) is 28.1 Å². The number of phenols is 1. The minimum absolute atomic E-state index is 0.0115. The Bertz CT molecular complexity index is 1210. The van der Waals surface area contributed by atoms with Crippen molar-refractivity contribution >= 4 is 11.6 Å². The number of hydrogen-bond acceptors (Lipinski definition) is 5. The standard InChI is InChI=1S/C23H24ClN5O2/c1-14-16(13-28-29(14)11-8-23(2,3)31)21-19(22-25-9-5-10-26-22)17(12-27-21)15-6-4-7-18(30)20(15)24/h4-7,9-10,12-13,27,30-31H,8,11H2,1-3H3. The third kappa shape index (κ3) is 4.19. The van der Waals surface area contributed by atoms with Crippen LogP contribution in [0.5, 0.6) is 5.75 Å². The van der Waals surface area contributed by atoms with Crippen molar-refractivity contribution in [1.82, 2.24) is 24.7 Å². The van der Waals surface area contributed by atoms with Crippen molar-refractivity contribution in [2.75, 3.05) is 0 Å². The van der Waals surface area contributed by atoms with Gasteiger partial charge in [-0.1, -0.05) is 23.7 Å². The zero-order valence-electron chi connectivity index (χ0n) is 17.6. The molecule has 4 rings (SSSR count). The molecule has 0 aliphatic carbocycles. The first kappa shape index (κ1) is 21.1. The molecule has 160 valence electrons. The fraction of sp³-hybridized carbons (Fsp3) is 0.261. The van der Waals surface area contributed by atoms with E-state index in [1.165, 1.54) is 0 Å². The van der Waals surface area contributed by atoms with Gasteiger partial charge in [-0.05, 0) is 39.3 Å². The largest absolute Gasteiger partial charge is 0.506 e. The lowest BCUT2D eigenvalue weighted by Gasteiger charge is -2.17. The second-order valence-electron chi connectivity index (χ2n) is 8.09. The van der Waals surface area contributed by atoms with Crippen LogP contribution in [-0.4, -0.2) is 40.5 Å². The molecule has 0 aliphatic rings. The van der Waals surface area contributed by atoms with Gasteiger partial charge in [-0.25, -0.2) is 9.97 Å². The molecule has 31 heavy (non-hydrogen) atoms. The van der Waals surface area contributed by atoms with Crippen molar-refractivity contribution in [1.29, 1.82) is 0 Å². The Hall–Kier alpha value is -3.16. The summed E-state index contributed by atoms with van der Waals surface area (Å²) in [6, 6.07) is 6.91. The summed E-state index contributed by atoms with van der Waals surface area (Å²) in [6.45, 7) is 6.16. The molecule has 1 aromatic carbocycles. The number of aromatic nitrogens is 5. The van der Waals surface area contributed by atoms with Crippen molar-refractivity contribution in [2.24, 2.45) is 0 Å². The lowest BCUT2D eigenvalue weighted by atomic mass is 9.99. The summed E-state index contributed by atoms with van der Waals surface area (Å²) in [7, 11) is 0. The molecule has 0 bridgehead atoms. The number of halogens is 1. The second kappa shape index (κ2) is 8.17. The van der Waals surface area contributed by atoms with Gasteiger partial charge in [0.25, 0.3) is 0 Å². The molecule has 0 atom stereocenters. The minimum atomic E-state index is -0.771. The third-order valence-corrected chi connectivity index (χ3v) is 5.64. The molecule has 0 radical (unpaired) electrons. The number of H-pyrrole nitrogens is 1. The van der Waals surface area contributed by atoms with Gasteiger partial charge in [-0.2, -0.15) is 5.10 Å². The molecule has 0 saturated carbocycles. The number of aromatic amines is 1. The zero-order chi connectivity index (χ0) is 22.2. The van der Waals surface area contributed by atoms with Gasteiger partial charge in [0.2, 0.25) is 0 Å². The van der Waals surface area contributed by atoms with Crippen molar-refractivity contribution in [3.05, 3.63) is 59.8 Å². The van der Waals surface area contributed by atoms with Gasteiger partial charge in [0.1, 0.15) is 5.75 Å². The highest BCUT2D eigenvalue weighted by molar-refractivity contribution is 6.35. The average Bonchev–Trinajstić information content (AvgIpc) is 3.32. The molecule has 4 aromatic rings. The fourth-order valence-electron chi connectivity index (χ4n) is 3.53. The highest BCUT2D eigenvalue weighted by atomic mass is 35.5. The zero-order valence-corrected chi connectivity index (χ0v) is 18.4. The maximum Gasteiger partial charge on any atom is 0.161 e. The quantitative estimate of drug-likeness (QED) is 0.401. The summed E-state index contributed by atoms with van der Waals surface area (Å²) >= 11 is 6.42. The normalized spacial score (nSPS) is 11.8. The van der Waals surface area contributed by atoms with Crippen molar-refractivity contribution in [3.63, 3.8) is 0 Å². The van der Waals surface area contributed by atoms with Gasteiger partial charge < -0.3 is 15.2 Å². The van der Waals surface area contributed by atoms with Gasteiger partial charge in [0.15, 0.2) is 5.82 Å². The molecule has 0 fully saturated rings. The van der Waals surface area contributed by atoms with Gasteiger partial charge >= 0.3 is 0 Å². The molecular weight excluding hydrogens is 414 g/mol. The smallest absolute Gasteiger partial charge is 0.161 e. The first-order chi connectivity index (χ1) is 14.8. The fourth-order valence-corrected chi connectivity index (χ4v) is 3.76. The lowest BCUT2D eigenvalue weighted by molar-refractivity contribution is 0.0649. The van der Waals surface area contributed by atoms with E-state index in [2.05, 4.69) is 20.1 Å². The van der Waals surface area contributed by atoms with Crippen molar-refractivity contribution in [3.8, 4) is 39.5 Å². The molecule has 0 aliphatic heterocycles. The molecule has 3 N–H and O–H groups in total. The number of aryl methyl sites for hydroxylation is 1. The van der Waals surface area contributed by atoms with Crippen molar-refractivity contribution in [2.45, 2.75) is 39.3 Å². The van der Waals surface area contributed by atoms with E-state index in [0.717, 1.165) is 28.1 Å². The van der Waals surface area contributed by atoms with E-state index in [4.69, 9.17) is 11.6 Å². The summed E-state index contributed by atoms with van der Waals surface area (Å²) in [5.74, 6) is 0.550. The maximum absolute atomic E-state index is 10.1. The molecule has 3 heterocycles. The molecule has 0 amide bonds. The molecule has 0 spiro atoms. The predicted octanol–water partition coefficient (Wildman–Crippen LogP) is 4.83. The second-order valence-corrected chi connectivity index (χ2v) is 8.47. The SMILES string of the molecule is Cc1c(-c2[nH]cc(-c3cccc(O)c3Cl)c2-c2ncccn2)cnn1CCC(C)(C)O.